The van der Waals surface area contributed by atoms with Crippen molar-refractivity contribution in [3.8, 4) is 5.75 Å². The van der Waals surface area contributed by atoms with Crippen molar-refractivity contribution in [2.45, 2.75) is 18.6 Å². The molecule has 5 heteroatoms. The highest BCUT2D eigenvalue weighted by atomic mass is 16.5. The summed E-state index contributed by atoms with van der Waals surface area (Å²) in [4.78, 5) is 2.73. The fourth-order valence-corrected chi connectivity index (χ4v) is 1.88. The Bertz CT molecular complexity index is 427. The zero-order chi connectivity index (χ0) is 10.8. The number of rotatable bonds is 2. The van der Waals surface area contributed by atoms with Gasteiger partial charge in [-0.3, -0.25) is 0 Å². The Morgan fingerprint density at radius 1 is 1.60 bits per heavy atom. The first-order valence-corrected chi connectivity index (χ1v) is 4.65. The largest absolute Gasteiger partial charge is 0.497 e. The first-order chi connectivity index (χ1) is 7.26. The summed E-state index contributed by atoms with van der Waals surface area (Å²) in [5.74, 6) is 0.703. The second-order valence-corrected chi connectivity index (χ2v) is 3.49. The number of ether oxygens (including phenoxy) is 1. The molecular weight excluding hydrogens is 194 g/mol. The Kier molecular flexibility index (Phi) is 2.49. The molecule has 1 N–H and O–H groups in total. The molecule has 0 aliphatic heterocycles. The maximum atomic E-state index is 9.87. The number of benzene rings is 1. The highest BCUT2D eigenvalue weighted by Crippen LogP contribution is 2.35. The van der Waals surface area contributed by atoms with Crippen molar-refractivity contribution in [2.75, 3.05) is 7.11 Å². The van der Waals surface area contributed by atoms with Crippen LogP contribution in [-0.4, -0.2) is 18.3 Å². The van der Waals surface area contributed by atoms with Crippen LogP contribution < -0.4 is 4.74 Å². The summed E-state index contributed by atoms with van der Waals surface area (Å²) in [6.07, 6.45) is -0.129. The smallest absolute Gasteiger partial charge is 0.119 e. The summed E-state index contributed by atoms with van der Waals surface area (Å²) in [5, 5.41) is 13.4. The van der Waals surface area contributed by atoms with Crippen molar-refractivity contribution in [1.29, 1.82) is 0 Å². The van der Waals surface area contributed by atoms with Crippen molar-refractivity contribution in [3.05, 3.63) is 39.8 Å². The van der Waals surface area contributed by atoms with Gasteiger partial charge in [-0.1, -0.05) is 11.2 Å². The second-order valence-electron chi connectivity index (χ2n) is 3.49. The summed E-state index contributed by atoms with van der Waals surface area (Å²) < 4.78 is 5.07. The van der Waals surface area contributed by atoms with E-state index in [0.717, 1.165) is 11.1 Å². The van der Waals surface area contributed by atoms with Crippen LogP contribution in [0.25, 0.3) is 10.4 Å². The molecule has 0 heterocycles. The average Bonchev–Trinajstić information content (AvgIpc) is 2.56. The fourth-order valence-electron chi connectivity index (χ4n) is 1.88. The number of aliphatic hydroxyl groups is 1. The lowest BCUT2D eigenvalue weighted by Crippen LogP contribution is -2.09. The molecule has 0 saturated heterocycles. The Hall–Kier alpha value is -1.71. The maximum absolute atomic E-state index is 9.87. The molecule has 5 nitrogen and oxygen atoms in total. The van der Waals surface area contributed by atoms with E-state index in [2.05, 4.69) is 10.0 Å². The number of fused-ring (bicyclic) bond motifs is 1. The first kappa shape index (κ1) is 9.83. The van der Waals surface area contributed by atoms with E-state index in [1.807, 2.05) is 12.1 Å². The monoisotopic (exact) mass is 205 g/mol. The van der Waals surface area contributed by atoms with E-state index in [0.29, 0.717) is 12.2 Å². The van der Waals surface area contributed by atoms with E-state index in [1.165, 1.54) is 0 Å². The summed E-state index contributed by atoms with van der Waals surface area (Å²) in [7, 11) is 1.58. The van der Waals surface area contributed by atoms with Crippen LogP contribution in [-0.2, 0) is 6.42 Å². The lowest BCUT2D eigenvalue weighted by molar-refractivity contribution is 0.159. The normalized spacial score (nSPS) is 23.1. The highest BCUT2D eigenvalue weighted by molar-refractivity contribution is 5.41. The van der Waals surface area contributed by atoms with Gasteiger partial charge in [0.15, 0.2) is 0 Å². The molecular formula is C10H11N3O2. The third-order valence-corrected chi connectivity index (χ3v) is 2.67. The minimum Gasteiger partial charge on any atom is -0.497 e. The van der Waals surface area contributed by atoms with Crippen LogP contribution in [0.5, 0.6) is 5.75 Å². The van der Waals surface area contributed by atoms with E-state index in [4.69, 9.17) is 10.3 Å². The highest BCUT2D eigenvalue weighted by Gasteiger charge is 2.30. The molecule has 2 unspecified atom stereocenters. The molecule has 78 valence electrons. The third kappa shape index (κ3) is 1.63. The van der Waals surface area contributed by atoms with Gasteiger partial charge in [0, 0.05) is 4.91 Å². The quantitative estimate of drug-likeness (QED) is 0.455. The van der Waals surface area contributed by atoms with Gasteiger partial charge >= 0.3 is 0 Å². The first-order valence-electron chi connectivity index (χ1n) is 4.65. The fraction of sp³-hybridized carbons (Fsp3) is 0.400. The van der Waals surface area contributed by atoms with Gasteiger partial charge in [-0.2, -0.15) is 0 Å². The minimum atomic E-state index is -0.717. The van der Waals surface area contributed by atoms with Crippen LogP contribution in [0.15, 0.2) is 23.3 Å². The Morgan fingerprint density at radius 2 is 2.40 bits per heavy atom. The Morgan fingerprint density at radius 3 is 3.07 bits per heavy atom. The molecule has 2 atom stereocenters. The van der Waals surface area contributed by atoms with Crippen LogP contribution >= 0.6 is 0 Å². The second kappa shape index (κ2) is 3.81. The number of methoxy groups -OCH3 is 1. The molecule has 1 aliphatic carbocycles. The predicted molar refractivity (Wildman–Crippen MR) is 54.6 cm³/mol. The molecule has 0 bridgehead atoms. The molecule has 0 aromatic heterocycles. The average molecular weight is 205 g/mol. The minimum absolute atomic E-state index is 0.392. The summed E-state index contributed by atoms with van der Waals surface area (Å²) in [5.41, 5.74) is 10.2. The lowest BCUT2D eigenvalue weighted by Gasteiger charge is -2.08. The number of hydrogen-bond acceptors (Lipinski definition) is 3. The number of hydrogen-bond donors (Lipinski definition) is 1. The molecule has 1 aromatic rings. The molecule has 0 saturated carbocycles. The Labute approximate surface area is 86.9 Å². The van der Waals surface area contributed by atoms with Gasteiger partial charge in [0.2, 0.25) is 0 Å². The van der Waals surface area contributed by atoms with E-state index >= 15 is 0 Å². The zero-order valence-corrected chi connectivity index (χ0v) is 8.29. The van der Waals surface area contributed by atoms with Crippen molar-refractivity contribution < 1.29 is 9.84 Å². The lowest BCUT2D eigenvalue weighted by atomic mass is 10.1. The van der Waals surface area contributed by atoms with Crippen molar-refractivity contribution in [2.24, 2.45) is 5.11 Å². The van der Waals surface area contributed by atoms with Crippen molar-refractivity contribution >= 4 is 0 Å². The van der Waals surface area contributed by atoms with Crippen LogP contribution in [0, 0.1) is 0 Å². The van der Waals surface area contributed by atoms with E-state index < -0.39 is 12.1 Å². The number of azide groups is 1. The van der Waals surface area contributed by atoms with Crippen molar-refractivity contribution in [3.63, 3.8) is 0 Å². The van der Waals surface area contributed by atoms with E-state index in [1.54, 1.807) is 13.2 Å². The third-order valence-electron chi connectivity index (χ3n) is 2.67. The summed E-state index contributed by atoms with van der Waals surface area (Å²) in [6, 6.07) is 5.12. The van der Waals surface area contributed by atoms with Gasteiger partial charge in [-0.15, -0.1) is 0 Å². The van der Waals surface area contributed by atoms with Gasteiger partial charge in [0.05, 0.1) is 19.3 Å². The molecule has 0 fully saturated rings. The standard InChI is InChI=1S/C10H11N3O2/c1-15-7-3-2-6-4-9(12-13-11)10(14)8(6)5-7/h2-3,5,9-10,14H,4H2,1H3. The SMILES string of the molecule is COc1ccc2c(c1)C(O)C(N=[N+]=[N-])C2. The molecule has 0 spiro atoms. The molecule has 1 aromatic carbocycles. The van der Waals surface area contributed by atoms with E-state index in [9.17, 15) is 5.11 Å². The van der Waals surface area contributed by atoms with Crippen LogP contribution in [0.1, 0.15) is 17.2 Å². The van der Waals surface area contributed by atoms with Gasteiger partial charge in [0.1, 0.15) is 5.75 Å². The number of nitrogens with zero attached hydrogens (tertiary/aromatic N) is 3. The van der Waals surface area contributed by atoms with Crippen molar-refractivity contribution in [1.82, 2.24) is 0 Å². The summed E-state index contributed by atoms with van der Waals surface area (Å²) in [6.45, 7) is 0. The van der Waals surface area contributed by atoms with Crippen LogP contribution in [0.3, 0.4) is 0 Å². The number of aliphatic hydroxyl groups excluding tert-OH is 1. The Balaban J connectivity index is 2.37. The molecule has 0 amide bonds. The van der Waals surface area contributed by atoms with Gasteiger partial charge in [-0.05, 0) is 35.2 Å². The van der Waals surface area contributed by atoms with Gasteiger partial charge in [-0.25, -0.2) is 0 Å². The van der Waals surface area contributed by atoms with Gasteiger partial charge < -0.3 is 9.84 Å². The van der Waals surface area contributed by atoms with Crippen LogP contribution in [0.4, 0.5) is 0 Å². The molecule has 0 radical (unpaired) electrons. The van der Waals surface area contributed by atoms with Crippen LogP contribution in [0.2, 0.25) is 0 Å². The topological polar surface area (TPSA) is 78.2 Å². The van der Waals surface area contributed by atoms with E-state index in [-0.39, 0.29) is 0 Å². The summed E-state index contributed by atoms with van der Waals surface area (Å²) >= 11 is 0. The maximum Gasteiger partial charge on any atom is 0.119 e. The van der Waals surface area contributed by atoms with Gasteiger partial charge in [0.25, 0.3) is 0 Å². The molecule has 15 heavy (non-hydrogen) atoms. The zero-order valence-electron chi connectivity index (χ0n) is 8.29. The predicted octanol–water partition coefficient (Wildman–Crippen LogP) is 1.96. The molecule has 1 aliphatic rings. The molecule has 2 rings (SSSR count).